The van der Waals surface area contributed by atoms with Crippen molar-refractivity contribution < 1.29 is 14.3 Å². The number of carbonyl (C=O) groups excluding carboxylic acids is 1. The Morgan fingerprint density at radius 2 is 1.29 bits per heavy atom. The molecule has 3 rings (SSSR count). The summed E-state index contributed by atoms with van der Waals surface area (Å²) in [6.07, 6.45) is 0.877. The summed E-state index contributed by atoms with van der Waals surface area (Å²) in [5, 5.41) is 3.17. The third kappa shape index (κ3) is 4.71. The summed E-state index contributed by atoms with van der Waals surface area (Å²) in [6, 6.07) is 25.5. The molecule has 1 amide bonds. The number of hydrogen-bond acceptors (Lipinski definition) is 3. The van der Waals surface area contributed by atoms with Crippen molar-refractivity contribution in [2.24, 2.45) is 0 Å². The van der Waals surface area contributed by atoms with Gasteiger partial charge in [-0.25, -0.2) is 0 Å². The molecule has 0 unspecified atom stereocenters. The minimum Gasteiger partial charge on any atom is -0.496 e. The van der Waals surface area contributed by atoms with E-state index in [1.165, 1.54) is 0 Å². The zero-order valence-corrected chi connectivity index (χ0v) is 16.2. The second-order valence-electron chi connectivity index (χ2n) is 6.46. The Morgan fingerprint density at radius 3 is 1.75 bits per heavy atom. The first kappa shape index (κ1) is 19.5. The highest BCUT2D eigenvalue weighted by atomic mass is 16.5. The van der Waals surface area contributed by atoms with Crippen LogP contribution in [0.5, 0.6) is 11.5 Å². The van der Waals surface area contributed by atoms with Crippen LogP contribution in [0, 0.1) is 0 Å². The summed E-state index contributed by atoms with van der Waals surface area (Å²) in [5.74, 6) is 1.44. The number of carbonyl (C=O) groups is 1. The summed E-state index contributed by atoms with van der Waals surface area (Å²) in [7, 11) is 3.25. The van der Waals surface area contributed by atoms with Crippen LogP contribution in [0.3, 0.4) is 0 Å². The number of hydrogen-bond donors (Lipinski definition) is 1. The van der Waals surface area contributed by atoms with Gasteiger partial charge < -0.3 is 14.8 Å². The van der Waals surface area contributed by atoms with Gasteiger partial charge in [-0.15, -0.1) is 0 Å². The maximum absolute atomic E-state index is 12.8. The Labute approximate surface area is 166 Å². The molecule has 4 heteroatoms. The van der Waals surface area contributed by atoms with E-state index in [4.69, 9.17) is 9.47 Å². The first-order chi connectivity index (χ1) is 13.7. The van der Waals surface area contributed by atoms with Crippen LogP contribution in [0.25, 0.3) is 0 Å². The van der Waals surface area contributed by atoms with E-state index < -0.39 is 0 Å². The maximum atomic E-state index is 12.8. The Hall–Kier alpha value is -3.27. The normalized spacial score (nSPS) is 10.5. The monoisotopic (exact) mass is 375 g/mol. The quantitative estimate of drug-likeness (QED) is 0.629. The van der Waals surface area contributed by atoms with Crippen LogP contribution >= 0.6 is 0 Å². The predicted octanol–water partition coefficient (Wildman–Crippen LogP) is 4.54. The largest absolute Gasteiger partial charge is 0.496 e. The van der Waals surface area contributed by atoms with Gasteiger partial charge in [0.2, 0.25) is 5.91 Å². The van der Waals surface area contributed by atoms with Gasteiger partial charge in [0.15, 0.2) is 0 Å². The van der Waals surface area contributed by atoms with Crippen LogP contribution in [-0.2, 0) is 11.2 Å². The molecule has 4 nitrogen and oxygen atoms in total. The van der Waals surface area contributed by atoms with Crippen LogP contribution in [-0.4, -0.2) is 20.1 Å². The van der Waals surface area contributed by atoms with E-state index in [1.54, 1.807) is 14.2 Å². The third-order valence-corrected chi connectivity index (χ3v) is 4.70. The van der Waals surface area contributed by atoms with Gasteiger partial charge >= 0.3 is 0 Å². The molecule has 0 radical (unpaired) electrons. The lowest BCUT2D eigenvalue weighted by Crippen LogP contribution is -2.29. The minimum atomic E-state index is -0.186. The fourth-order valence-electron chi connectivity index (χ4n) is 3.30. The molecule has 3 aromatic rings. The van der Waals surface area contributed by atoms with Crippen molar-refractivity contribution in [3.63, 3.8) is 0 Å². The molecule has 0 fully saturated rings. The van der Waals surface area contributed by atoms with E-state index in [2.05, 4.69) is 5.32 Å². The van der Waals surface area contributed by atoms with Gasteiger partial charge in [-0.3, -0.25) is 4.79 Å². The lowest BCUT2D eigenvalue weighted by atomic mass is 9.98. The van der Waals surface area contributed by atoms with Crippen molar-refractivity contribution in [2.75, 3.05) is 14.2 Å². The predicted molar refractivity (Wildman–Crippen MR) is 111 cm³/mol. The summed E-state index contributed by atoms with van der Waals surface area (Å²) >= 11 is 0. The standard InChI is InChI=1S/C24H25NO3/c1-27-21-14-9-15-22(28-2)20(21)16-17-23(26)25-24(18-10-5-3-6-11-18)19-12-7-4-8-13-19/h3-15,24H,16-17H2,1-2H3,(H,25,26). The molecule has 0 saturated carbocycles. The van der Waals surface area contributed by atoms with E-state index in [1.807, 2.05) is 78.9 Å². The Bertz CT molecular complexity index is 832. The van der Waals surface area contributed by atoms with Crippen molar-refractivity contribution in [3.05, 3.63) is 95.6 Å². The molecule has 0 bridgehead atoms. The van der Waals surface area contributed by atoms with Gasteiger partial charge in [0.1, 0.15) is 11.5 Å². The van der Waals surface area contributed by atoms with Gasteiger partial charge in [0.05, 0.1) is 20.3 Å². The fraction of sp³-hybridized carbons (Fsp3) is 0.208. The number of rotatable bonds is 8. The molecule has 0 heterocycles. The second-order valence-corrected chi connectivity index (χ2v) is 6.46. The third-order valence-electron chi connectivity index (χ3n) is 4.70. The van der Waals surface area contributed by atoms with Gasteiger partial charge in [-0.1, -0.05) is 66.7 Å². The van der Waals surface area contributed by atoms with Crippen LogP contribution in [0.15, 0.2) is 78.9 Å². The summed E-state index contributed by atoms with van der Waals surface area (Å²) in [5.41, 5.74) is 3.01. The van der Waals surface area contributed by atoms with Crippen molar-refractivity contribution in [3.8, 4) is 11.5 Å². The Kier molecular flexibility index (Phi) is 6.68. The van der Waals surface area contributed by atoms with Gasteiger partial charge in [-0.2, -0.15) is 0 Å². The lowest BCUT2D eigenvalue weighted by molar-refractivity contribution is -0.121. The zero-order valence-electron chi connectivity index (χ0n) is 16.2. The number of nitrogens with one attached hydrogen (secondary N) is 1. The van der Waals surface area contributed by atoms with Crippen LogP contribution in [0.2, 0.25) is 0 Å². The SMILES string of the molecule is COc1cccc(OC)c1CCC(=O)NC(c1ccccc1)c1ccccc1. The molecule has 0 saturated heterocycles. The average molecular weight is 375 g/mol. The van der Waals surface area contributed by atoms with Crippen molar-refractivity contribution in [1.29, 1.82) is 0 Å². The molecule has 28 heavy (non-hydrogen) atoms. The first-order valence-electron chi connectivity index (χ1n) is 9.32. The minimum absolute atomic E-state index is 0.0225. The maximum Gasteiger partial charge on any atom is 0.221 e. The summed E-state index contributed by atoms with van der Waals surface area (Å²) < 4.78 is 10.9. The molecule has 0 aromatic heterocycles. The molecular weight excluding hydrogens is 350 g/mol. The van der Waals surface area contributed by atoms with Gasteiger partial charge in [-0.05, 0) is 29.7 Å². The molecule has 0 aliphatic heterocycles. The first-order valence-corrected chi connectivity index (χ1v) is 9.32. The molecule has 0 aliphatic rings. The molecule has 0 aliphatic carbocycles. The lowest BCUT2D eigenvalue weighted by Gasteiger charge is -2.20. The van der Waals surface area contributed by atoms with E-state index in [9.17, 15) is 4.79 Å². The Balaban J connectivity index is 1.75. The second kappa shape index (κ2) is 9.60. The highest BCUT2D eigenvalue weighted by molar-refractivity contribution is 5.77. The molecule has 1 N–H and O–H groups in total. The van der Waals surface area contributed by atoms with Crippen molar-refractivity contribution in [2.45, 2.75) is 18.9 Å². The van der Waals surface area contributed by atoms with Crippen molar-refractivity contribution >= 4 is 5.91 Å². The van der Waals surface area contributed by atoms with Crippen molar-refractivity contribution in [1.82, 2.24) is 5.32 Å². The fourth-order valence-corrected chi connectivity index (χ4v) is 3.30. The molecule has 0 spiro atoms. The number of methoxy groups -OCH3 is 2. The highest BCUT2D eigenvalue weighted by Crippen LogP contribution is 2.29. The van der Waals surface area contributed by atoms with E-state index in [0.717, 1.165) is 28.2 Å². The van der Waals surface area contributed by atoms with Gasteiger partial charge in [0.25, 0.3) is 0 Å². The summed E-state index contributed by atoms with van der Waals surface area (Å²) in [6.45, 7) is 0. The number of ether oxygens (including phenoxy) is 2. The van der Waals surface area contributed by atoms with Crippen LogP contribution < -0.4 is 14.8 Å². The van der Waals surface area contributed by atoms with E-state index in [-0.39, 0.29) is 11.9 Å². The molecule has 0 atom stereocenters. The van der Waals surface area contributed by atoms with Crippen LogP contribution in [0.4, 0.5) is 0 Å². The topological polar surface area (TPSA) is 47.6 Å². The van der Waals surface area contributed by atoms with Gasteiger partial charge in [0, 0.05) is 12.0 Å². The van der Waals surface area contributed by atoms with Crippen LogP contribution in [0.1, 0.15) is 29.2 Å². The molecule has 144 valence electrons. The summed E-state index contributed by atoms with van der Waals surface area (Å²) in [4.78, 5) is 12.8. The molecule has 3 aromatic carbocycles. The van der Waals surface area contributed by atoms with E-state index >= 15 is 0 Å². The number of amides is 1. The Morgan fingerprint density at radius 1 is 0.786 bits per heavy atom. The highest BCUT2D eigenvalue weighted by Gasteiger charge is 2.18. The smallest absolute Gasteiger partial charge is 0.221 e. The van der Waals surface area contributed by atoms with E-state index in [0.29, 0.717) is 12.8 Å². The zero-order chi connectivity index (χ0) is 19.8. The number of benzene rings is 3. The average Bonchev–Trinajstić information content (AvgIpc) is 2.76. The molecular formula is C24H25NO3.